The molecule has 0 spiro atoms. The van der Waals surface area contributed by atoms with Gasteiger partial charge in [0.05, 0.1) is 11.0 Å². The van der Waals surface area contributed by atoms with Crippen molar-refractivity contribution in [1.82, 2.24) is 9.55 Å². The molecule has 0 saturated heterocycles. The summed E-state index contributed by atoms with van der Waals surface area (Å²) in [5.41, 5.74) is 5.41. The number of hydrogen-bond donors (Lipinski definition) is 0. The van der Waals surface area contributed by atoms with Crippen LogP contribution in [0.25, 0.3) is 11.0 Å². The fourth-order valence-corrected chi connectivity index (χ4v) is 4.40. The molecule has 0 aliphatic heterocycles. The van der Waals surface area contributed by atoms with Gasteiger partial charge in [-0.2, -0.15) is 4.98 Å². The molecule has 1 aromatic heterocycles. The Morgan fingerprint density at radius 1 is 1.12 bits per heavy atom. The smallest absolute Gasteiger partial charge is 0.302 e. The number of imidazole rings is 1. The number of rotatable bonds is 5. The van der Waals surface area contributed by atoms with Crippen LogP contribution in [0, 0.1) is 13.8 Å². The molecule has 0 fully saturated rings. The number of nitrogens with zero attached hydrogens (tertiary/aromatic N) is 2. The molecule has 26 heavy (non-hydrogen) atoms. The Hall–Kier alpha value is -1.52. The highest BCUT2D eigenvalue weighted by atomic mass is 79.9. The van der Waals surface area contributed by atoms with E-state index >= 15 is 0 Å². The maximum atomic E-state index is 6.23. The number of benzene rings is 2. The standard InChI is InChI=1S/C21H24BrClN2O/c1-6-14(7-2)17-10-15(22)11-18-19(17)25(5)21(24-18)26-20-12(3)8-16(23)9-13(20)4/h8-11,14H,6-7H2,1-5H3. The van der Waals surface area contributed by atoms with Gasteiger partial charge < -0.3 is 4.74 Å². The minimum Gasteiger partial charge on any atom is -0.425 e. The van der Waals surface area contributed by atoms with E-state index in [-0.39, 0.29) is 0 Å². The summed E-state index contributed by atoms with van der Waals surface area (Å²) in [7, 11) is 2.02. The van der Waals surface area contributed by atoms with Crippen molar-refractivity contribution in [2.75, 3.05) is 0 Å². The van der Waals surface area contributed by atoms with Gasteiger partial charge in [-0.15, -0.1) is 0 Å². The second-order valence-electron chi connectivity index (χ2n) is 6.80. The van der Waals surface area contributed by atoms with Crippen LogP contribution in [-0.2, 0) is 7.05 Å². The zero-order chi connectivity index (χ0) is 19.0. The van der Waals surface area contributed by atoms with Crippen LogP contribution in [0.2, 0.25) is 5.02 Å². The molecule has 3 aromatic rings. The van der Waals surface area contributed by atoms with Gasteiger partial charge in [0.15, 0.2) is 0 Å². The van der Waals surface area contributed by atoms with Crippen LogP contribution in [0.4, 0.5) is 0 Å². The lowest BCUT2D eigenvalue weighted by atomic mass is 9.93. The lowest BCUT2D eigenvalue weighted by Crippen LogP contribution is -2.02. The van der Waals surface area contributed by atoms with Crippen molar-refractivity contribution in [3.05, 3.63) is 50.5 Å². The molecule has 0 radical (unpaired) electrons. The molecule has 0 unspecified atom stereocenters. The summed E-state index contributed by atoms with van der Waals surface area (Å²) in [5, 5.41) is 0.720. The van der Waals surface area contributed by atoms with Crippen molar-refractivity contribution in [2.45, 2.75) is 46.5 Å². The highest BCUT2D eigenvalue weighted by molar-refractivity contribution is 9.10. The molecule has 5 heteroatoms. The third kappa shape index (κ3) is 3.49. The minimum absolute atomic E-state index is 0.497. The van der Waals surface area contributed by atoms with E-state index in [1.807, 2.05) is 33.0 Å². The SMILES string of the molecule is CCC(CC)c1cc(Br)cc2nc(Oc3c(C)cc(Cl)cc3C)n(C)c12. The van der Waals surface area contributed by atoms with Gasteiger partial charge in [0.1, 0.15) is 5.75 Å². The Kier molecular flexibility index (Phi) is 5.64. The van der Waals surface area contributed by atoms with E-state index < -0.39 is 0 Å². The molecule has 3 rings (SSSR count). The van der Waals surface area contributed by atoms with Crippen molar-refractivity contribution in [3.8, 4) is 11.8 Å². The predicted octanol–water partition coefficient (Wildman–Crippen LogP) is 7.30. The van der Waals surface area contributed by atoms with Gasteiger partial charge in [0, 0.05) is 16.5 Å². The Labute approximate surface area is 168 Å². The first-order valence-electron chi connectivity index (χ1n) is 8.96. The monoisotopic (exact) mass is 434 g/mol. The van der Waals surface area contributed by atoms with Gasteiger partial charge >= 0.3 is 6.01 Å². The third-order valence-corrected chi connectivity index (χ3v) is 5.64. The second kappa shape index (κ2) is 7.61. The third-order valence-electron chi connectivity index (χ3n) is 4.97. The average molecular weight is 436 g/mol. The van der Waals surface area contributed by atoms with Gasteiger partial charge in [0.2, 0.25) is 0 Å². The largest absolute Gasteiger partial charge is 0.425 e. The van der Waals surface area contributed by atoms with Crippen molar-refractivity contribution in [3.63, 3.8) is 0 Å². The van der Waals surface area contributed by atoms with Crippen molar-refractivity contribution in [2.24, 2.45) is 7.05 Å². The first-order valence-corrected chi connectivity index (χ1v) is 10.1. The van der Waals surface area contributed by atoms with Crippen LogP contribution < -0.4 is 4.74 Å². The number of halogens is 2. The van der Waals surface area contributed by atoms with Crippen LogP contribution in [0.3, 0.4) is 0 Å². The highest BCUT2D eigenvalue weighted by Crippen LogP contribution is 2.37. The van der Waals surface area contributed by atoms with E-state index in [0.29, 0.717) is 11.9 Å². The molecule has 0 N–H and O–H groups in total. The molecule has 0 bridgehead atoms. The van der Waals surface area contributed by atoms with E-state index in [0.717, 1.165) is 50.2 Å². The van der Waals surface area contributed by atoms with E-state index in [2.05, 4.69) is 46.5 Å². The lowest BCUT2D eigenvalue weighted by Gasteiger charge is -2.16. The summed E-state index contributed by atoms with van der Waals surface area (Å²) in [6.45, 7) is 8.47. The molecule has 2 aromatic carbocycles. The fourth-order valence-electron chi connectivity index (χ4n) is 3.61. The van der Waals surface area contributed by atoms with E-state index in [9.17, 15) is 0 Å². The molecule has 0 aliphatic rings. The Morgan fingerprint density at radius 2 is 1.73 bits per heavy atom. The maximum Gasteiger partial charge on any atom is 0.302 e. The first kappa shape index (κ1) is 19.2. The van der Waals surface area contributed by atoms with Gasteiger partial charge in [-0.05, 0) is 73.6 Å². The summed E-state index contributed by atoms with van der Waals surface area (Å²) >= 11 is 9.78. The predicted molar refractivity (Wildman–Crippen MR) is 113 cm³/mol. The number of hydrogen-bond acceptors (Lipinski definition) is 2. The van der Waals surface area contributed by atoms with Gasteiger partial charge in [0.25, 0.3) is 0 Å². The number of ether oxygens (including phenoxy) is 1. The van der Waals surface area contributed by atoms with E-state index in [1.54, 1.807) is 0 Å². The number of aromatic nitrogens is 2. The average Bonchev–Trinajstić information content (AvgIpc) is 2.87. The molecule has 0 amide bonds. The molecule has 1 heterocycles. The number of fused-ring (bicyclic) bond motifs is 1. The first-order chi connectivity index (χ1) is 12.3. The second-order valence-corrected chi connectivity index (χ2v) is 8.15. The maximum absolute atomic E-state index is 6.23. The lowest BCUT2D eigenvalue weighted by molar-refractivity contribution is 0.421. The quantitative estimate of drug-likeness (QED) is 0.420. The topological polar surface area (TPSA) is 27.1 Å². The normalized spacial score (nSPS) is 11.5. The van der Waals surface area contributed by atoms with Crippen LogP contribution in [0.5, 0.6) is 11.8 Å². The van der Waals surface area contributed by atoms with E-state index in [4.69, 9.17) is 21.3 Å². The minimum atomic E-state index is 0.497. The molecule has 0 saturated carbocycles. The zero-order valence-electron chi connectivity index (χ0n) is 15.9. The summed E-state index contributed by atoms with van der Waals surface area (Å²) in [5.74, 6) is 1.31. The van der Waals surface area contributed by atoms with E-state index in [1.165, 1.54) is 5.56 Å². The highest BCUT2D eigenvalue weighted by Gasteiger charge is 2.19. The molecular formula is C21H24BrClN2O. The van der Waals surface area contributed by atoms with Crippen LogP contribution in [0.1, 0.15) is 49.3 Å². The van der Waals surface area contributed by atoms with Crippen molar-refractivity contribution >= 4 is 38.6 Å². The molecule has 3 nitrogen and oxygen atoms in total. The zero-order valence-corrected chi connectivity index (χ0v) is 18.2. The van der Waals surface area contributed by atoms with Crippen LogP contribution >= 0.6 is 27.5 Å². The van der Waals surface area contributed by atoms with Crippen molar-refractivity contribution < 1.29 is 4.74 Å². The summed E-state index contributed by atoms with van der Waals surface area (Å²) < 4.78 is 9.34. The Balaban J connectivity index is 2.15. The van der Waals surface area contributed by atoms with Crippen LogP contribution in [0.15, 0.2) is 28.7 Å². The van der Waals surface area contributed by atoms with Gasteiger partial charge in [-0.3, -0.25) is 4.57 Å². The molecule has 0 atom stereocenters. The van der Waals surface area contributed by atoms with Crippen LogP contribution in [-0.4, -0.2) is 9.55 Å². The molecular weight excluding hydrogens is 412 g/mol. The summed E-state index contributed by atoms with van der Waals surface area (Å²) in [6, 6.07) is 8.69. The fraction of sp³-hybridized carbons (Fsp3) is 0.381. The van der Waals surface area contributed by atoms with Gasteiger partial charge in [-0.25, -0.2) is 0 Å². The summed E-state index contributed by atoms with van der Waals surface area (Å²) in [4.78, 5) is 4.76. The molecule has 138 valence electrons. The number of aryl methyl sites for hydroxylation is 3. The summed E-state index contributed by atoms with van der Waals surface area (Å²) in [6.07, 6.45) is 2.19. The Morgan fingerprint density at radius 3 is 2.31 bits per heavy atom. The Bertz CT molecular complexity index is 937. The van der Waals surface area contributed by atoms with Crippen molar-refractivity contribution in [1.29, 1.82) is 0 Å². The van der Waals surface area contributed by atoms with Gasteiger partial charge in [-0.1, -0.05) is 41.4 Å². The molecule has 0 aliphatic carbocycles.